The highest BCUT2D eigenvalue weighted by atomic mass is 35.5. The zero-order chi connectivity index (χ0) is 22.9. The minimum atomic E-state index is -3.42. The van der Waals surface area contributed by atoms with Gasteiger partial charge in [-0.15, -0.1) is 5.06 Å². The molecule has 2 saturated heterocycles. The van der Waals surface area contributed by atoms with E-state index in [0.29, 0.717) is 55.2 Å². The molecule has 2 aromatic rings. The van der Waals surface area contributed by atoms with Gasteiger partial charge in [-0.25, -0.2) is 18.0 Å². The van der Waals surface area contributed by atoms with E-state index in [4.69, 9.17) is 26.5 Å². The quantitative estimate of drug-likeness (QED) is 0.623. The summed E-state index contributed by atoms with van der Waals surface area (Å²) >= 11 is 6.00. The van der Waals surface area contributed by atoms with E-state index >= 15 is 0 Å². The van der Waals surface area contributed by atoms with E-state index in [1.54, 1.807) is 42.4 Å². The van der Waals surface area contributed by atoms with Crippen molar-refractivity contribution in [2.45, 2.75) is 36.3 Å². The van der Waals surface area contributed by atoms with E-state index in [-0.39, 0.29) is 5.75 Å². The fraction of sp³-hybridized carbons (Fsp3) is 0.476. The van der Waals surface area contributed by atoms with Crippen LogP contribution in [-0.2, 0) is 19.6 Å². The van der Waals surface area contributed by atoms with Crippen LogP contribution in [0.1, 0.15) is 25.7 Å². The van der Waals surface area contributed by atoms with Gasteiger partial charge in [-0.1, -0.05) is 23.7 Å². The van der Waals surface area contributed by atoms with Crippen molar-refractivity contribution in [2.24, 2.45) is 0 Å². The Labute approximate surface area is 191 Å². The third kappa shape index (κ3) is 4.85. The van der Waals surface area contributed by atoms with Crippen molar-refractivity contribution in [3.63, 3.8) is 0 Å². The molecule has 2 aliphatic rings. The molecule has 2 heterocycles. The largest absolute Gasteiger partial charge is 0.465 e. The lowest BCUT2D eigenvalue weighted by Crippen LogP contribution is -2.53. The monoisotopic (exact) mass is 483 g/mol. The first-order valence-electron chi connectivity index (χ1n) is 10.5. The fourth-order valence-corrected chi connectivity index (χ4v) is 5.78. The van der Waals surface area contributed by atoms with Crippen molar-refractivity contribution in [3.05, 3.63) is 41.4 Å². The summed E-state index contributed by atoms with van der Waals surface area (Å²) < 4.78 is 25.6. The number of hydrogen-bond acceptors (Lipinski definition) is 7. The van der Waals surface area contributed by atoms with E-state index in [2.05, 4.69) is 0 Å². The molecule has 0 unspecified atom stereocenters. The second kappa shape index (κ2) is 9.12. The summed E-state index contributed by atoms with van der Waals surface area (Å²) in [5.41, 5.74) is -0.723. The molecule has 0 bridgehead atoms. The first-order chi connectivity index (χ1) is 15.2. The molecule has 174 valence electrons. The highest BCUT2D eigenvalue weighted by Gasteiger charge is 2.49. The number of likely N-dealkylation sites (tertiary alicyclic amines) is 1. The summed E-state index contributed by atoms with van der Waals surface area (Å²) in [7, 11) is -1.78. The van der Waals surface area contributed by atoms with Crippen molar-refractivity contribution in [3.8, 4) is 0 Å². The van der Waals surface area contributed by atoms with E-state index in [9.17, 15) is 13.2 Å². The molecule has 2 aromatic carbocycles. The van der Waals surface area contributed by atoms with Crippen molar-refractivity contribution in [1.82, 2.24) is 15.2 Å². The van der Waals surface area contributed by atoms with Crippen molar-refractivity contribution in [2.75, 3.05) is 32.4 Å². The lowest BCUT2D eigenvalue weighted by Gasteiger charge is -2.39. The van der Waals surface area contributed by atoms with Gasteiger partial charge in [0, 0.05) is 44.5 Å². The van der Waals surface area contributed by atoms with Gasteiger partial charge in [0.05, 0.1) is 10.6 Å². The maximum atomic E-state index is 12.8. The molecule has 2 aliphatic heterocycles. The summed E-state index contributed by atoms with van der Waals surface area (Å²) in [4.78, 5) is 24.3. The number of carboxylic acid groups (broad SMARTS) is 1. The smallest absolute Gasteiger partial charge is 0.407 e. The summed E-state index contributed by atoms with van der Waals surface area (Å²) in [6, 6.07) is 10.4. The Bertz CT molecular complexity index is 1100. The zero-order valence-electron chi connectivity index (χ0n) is 17.7. The summed E-state index contributed by atoms with van der Waals surface area (Å²) in [6.45, 7) is 1.18. The third-order valence-electron chi connectivity index (χ3n) is 5.94. The van der Waals surface area contributed by atoms with Gasteiger partial charge in [-0.05, 0) is 53.1 Å². The predicted molar refractivity (Wildman–Crippen MR) is 118 cm³/mol. The molecule has 11 heteroatoms. The van der Waals surface area contributed by atoms with Crippen LogP contribution in [0.3, 0.4) is 0 Å². The molecular weight excluding hydrogens is 458 g/mol. The SMILES string of the molecule is CN1ON(CCCCS(=O)(=O)c2ccc3cc(Cl)ccc3c2)C2(CCN(C(=O)O)CC2)O1. The number of nitrogens with zero attached hydrogens (tertiary/aromatic N) is 3. The van der Waals surface area contributed by atoms with Gasteiger partial charge < -0.3 is 10.0 Å². The maximum absolute atomic E-state index is 12.8. The summed E-state index contributed by atoms with van der Waals surface area (Å²) in [6.07, 6.45) is 1.05. The first-order valence-corrected chi connectivity index (χ1v) is 12.5. The minimum Gasteiger partial charge on any atom is -0.465 e. The van der Waals surface area contributed by atoms with Gasteiger partial charge in [0.2, 0.25) is 0 Å². The standard InChI is InChI=1S/C21H26ClN3O6S/c1-23-30-21(8-11-24(12-9-21)20(26)27)25(31-23)10-2-3-13-32(28,29)19-7-5-16-14-18(22)6-4-17(16)15-19/h4-7,14-15H,2-3,8-13H2,1H3,(H,26,27). The van der Waals surface area contributed by atoms with E-state index in [1.807, 2.05) is 6.07 Å². The average Bonchev–Trinajstić information content (AvgIpc) is 3.05. The molecule has 1 spiro atoms. The van der Waals surface area contributed by atoms with E-state index < -0.39 is 21.7 Å². The number of hydrogen-bond donors (Lipinski definition) is 1. The highest BCUT2D eigenvalue weighted by Crippen LogP contribution is 2.36. The molecule has 1 amide bonds. The van der Waals surface area contributed by atoms with Gasteiger partial charge in [0.25, 0.3) is 0 Å². The Kier molecular flexibility index (Phi) is 6.62. The molecule has 4 rings (SSSR count). The van der Waals surface area contributed by atoms with Crippen LogP contribution in [0.25, 0.3) is 10.8 Å². The van der Waals surface area contributed by atoms with Crippen molar-refractivity contribution in [1.29, 1.82) is 0 Å². The number of piperidine rings is 1. The first kappa shape index (κ1) is 23.2. The molecule has 0 radical (unpaired) electrons. The Morgan fingerprint density at radius 2 is 1.81 bits per heavy atom. The molecule has 0 atom stereocenters. The Morgan fingerprint density at radius 1 is 1.12 bits per heavy atom. The van der Waals surface area contributed by atoms with Crippen LogP contribution in [0.5, 0.6) is 0 Å². The molecule has 0 saturated carbocycles. The van der Waals surface area contributed by atoms with E-state index in [0.717, 1.165) is 10.8 Å². The number of fused-ring (bicyclic) bond motifs is 1. The number of benzene rings is 2. The number of rotatable bonds is 6. The van der Waals surface area contributed by atoms with Gasteiger partial charge in [0.1, 0.15) is 0 Å². The predicted octanol–water partition coefficient (Wildman–Crippen LogP) is 3.54. The van der Waals surface area contributed by atoms with Crippen LogP contribution in [0, 0.1) is 0 Å². The normalized spacial score (nSPS) is 19.8. The lowest BCUT2D eigenvalue weighted by atomic mass is 10.00. The van der Waals surface area contributed by atoms with Gasteiger partial charge in [-0.3, -0.25) is 0 Å². The Balaban J connectivity index is 1.34. The third-order valence-corrected chi connectivity index (χ3v) is 7.97. The number of hydroxylamine groups is 4. The number of amides is 1. The molecule has 1 N–H and O–H groups in total. The Morgan fingerprint density at radius 3 is 2.53 bits per heavy atom. The lowest BCUT2D eigenvalue weighted by molar-refractivity contribution is -0.339. The minimum absolute atomic E-state index is 0.0242. The molecular formula is C21H26ClN3O6S. The molecule has 0 aromatic heterocycles. The van der Waals surface area contributed by atoms with Crippen molar-refractivity contribution >= 4 is 38.3 Å². The highest BCUT2D eigenvalue weighted by molar-refractivity contribution is 7.91. The zero-order valence-corrected chi connectivity index (χ0v) is 19.3. The van der Waals surface area contributed by atoms with Crippen LogP contribution in [0.15, 0.2) is 41.3 Å². The van der Waals surface area contributed by atoms with Gasteiger partial charge >= 0.3 is 6.09 Å². The average molecular weight is 484 g/mol. The Hall–Kier alpha value is -1.95. The number of halogens is 1. The second-order valence-electron chi connectivity index (χ2n) is 8.11. The number of unbranched alkanes of at least 4 members (excludes halogenated alkanes) is 1. The summed E-state index contributed by atoms with van der Waals surface area (Å²) in [5.74, 6) is 0.0242. The van der Waals surface area contributed by atoms with Crippen LogP contribution in [-0.4, -0.2) is 73.0 Å². The van der Waals surface area contributed by atoms with Gasteiger partial charge in [0.15, 0.2) is 15.6 Å². The van der Waals surface area contributed by atoms with Crippen LogP contribution < -0.4 is 0 Å². The number of sulfone groups is 1. The van der Waals surface area contributed by atoms with Crippen molar-refractivity contribution < 1.29 is 28.1 Å². The maximum Gasteiger partial charge on any atom is 0.407 e. The molecule has 0 aliphatic carbocycles. The molecule has 32 heavy (non-hydrogen) atoms. The van der Waals surface area contributed by atoms with Crippen LogP contribution >= 0.6 is 11.6 Å². The van der Waals surface area contributed by atoms with Crippen LogP contribution in [0.4, 0.5) is 4.79 Å². The number of carbonyl (C=O) groups is 1. The summed E-state index contributed by atoms with van der Waals surface area (Å²) in [5, 5.41) is 14.5. The van der Waals surface area contributed by atoms with Gasteiger partial charge in [-0.2, -0.15) is 4.94 Å². The molecule has 9 nitrogen and oxygen atoms in total. The van der Waals surface area contributed by atoms with E-state index in [1.165, 1.54) is 10.1 Å². The topological polar surface area (TPSA) is 99.6 Å². The molecule has 2 fully saturated rings. The fourth-order valence-electron chi connectivity index (χ4n) is 4.20. The second-order valence-corrected chi connectivity index (χ2v) is 10.7. The van der Waals surface area contributed by atoms with Crippen LogP contribution in [0.2, 0.25) is 5.02 Å².